The van der Waals surface area contributed by atoms with Crippen LogP contribution in [0.2, 0.25) is 10.0 Å². The lowest BCUT2D eigenvalue weighted by Gasteiger charge is -1.99. The van der Waals surface area contributed by atoms with E-state index in [9.17, 15) is 14.9 Å². The molecule has 0 atom stereocenters. The van der Waals surface area contributed by atoms with Crippen LogP contribution in [0.15, 0.2) is 41.4 Å². The number of nitro groups is 1. The number of carbonyl (C=O) groups is 1. The molecule has 0 aliphatic carbocycles. The van der Waals surface area contributed by atoms with Crippen LogP contribution in [0, 0.1) is 10.1 Å². The molecule has 1 aromatic heterocycles. The summed E-state index contributed by atoms with van der Waals surface area (Å²) in [5.41, 5.74) is 0.348. The van der Waals surface area contributed by atoms with Gasteiger partial charge in [-0.1, -0.05) is 46.7 Å². The fourth-order valence-corrected chi connectivity index (χ4v) is 4.09. The number of nitrogens with zero attached hydrogens (tertiary/aromatic N) is 3. The summed E-state index contributed by atoms with van der Waals surface area (Å²) in [7, 11) is 1.71. The predicted molar refractivity (Wildman–Crippen MR) is 93.8 cm³/mol. The first-order valence-corrected chi connectivity index (χ1v) is 8.23. The quantitative estimate of drug-likeness (QED) is 0.492. The molecule has 0 N–H and O–H groups in total. The van der Waals surface area contributed by atoms with Crippen LogP contribution in [-0.4, -0.2) is 15.4 Å². The van der Waals surface area contributed by atoms with Gasteiger partial charge in [0.15, 0.2) is 4.80 Å². The van der Waals surface area contributed by atoms with Crippen LogP contribution in [0.3, 0.4) is 0 Å². The van der Waals surface area contributed by atoms with Crippen molar-refractivity contribution in [2.75, 3.05) is 0 Å². The molecule has 0 aliphatic rings. The van der Waals surface area contributed by atoms with Crippen molar-refractivity contribution in [2.45, 2.75) is 0 Å². The Morgan fingerprint density at radius 1 is 1.29 bits per heavy atom. The molecule has 9 heteroatoms. The summed E-state index contributed by atoms with van der Waals surface area (Å²) in [5, 5.41) is 12.0. The van der Waals surface area contributed by atoms with E-state index < -0.39 is 10.8 Å². The fourth-order valence-electron chi connectivity index (χ4n) is 2.27. The highest BCUT2D eigenvalue weighted by Crippen LogP contribution is 2.29. The smallest absolute Gasteiger partial charge is 0.286 e. The van der Waals surface area contributed by atoms with Crippen LogP contribution in [-0.2, 0) is 7.05 Å². The van der Waals surface area contributed by atoms with E-state index in [1.807, 2.05) is 0 Å². The highest BCUT2D eigenvalue weighted by atomic mass is 35.5. The van der Waals surface area contributed by atoms with Crippen molar-refractivity contribution < 1.29 is 9.72 Å². The number of aryl methyl sites for hydroxylation is 1. The molecule has 0 fully saturated rings. The minimum absolute atomic E-state index is 0.0657. The minimum atomic E-state index is -0.688. The number of amides is 1. The maximum absolute atomic E-state index is 12.4. The van der Waals surface area contributed by atoms with Crippen LogP contribution in [0.25, 0.3) is 10.2 Å². The predicted octanol–water partition coefficient (Wildman–Crippen LogP) is 4.20. The largest absolute Gasteiger partial charge is 0.318 e. The molecule has 24 heavy (non-hydrogen) atoms. The van der Waals surface area contributed by atoms with Crippen molar-refractivity contribution in [1.82, 2.24) is 4.57 Å². The van der Waals surface area contributed by atoms with E-state index in [-0.39, 0.29) is 11.3 Å². The van der Waals surface area contributed by atoms with E-state index in [0.29, 0.717) is 20.4 Å². The van der Waals surface area contributed by atoms with Gasteiger partial charge in [0, 0.05) is 18.1 Å². The molecule has 0 radical (unpaired) electrons. The van der Waals surface area contributed by atoms with Crippen molar-refractivity contribution in [3.63, 3.8) is 0 Å². The molecular formula is C15H9Cl2N3O3S. The summed E-state index contributed by atoms with van der Waals surface area (Å²) in [4.78, 5) is 27.2. The minimum Gasteiger partial charge on any atom is -0.318 e. The zero-order chi connectivity index (χ0) is 17.4. The highest BCUT2D eigenvalue weighted by molar-refractivity contribution is 7.16. The molecule has 6 nitrogen and oxygen atoms in total. The number of hydrogen-bond donors (Lipinski definition) is 0. The van der Waals surface area contributed by atoms with Gasteiger partial charge in [-0.25, -0.2) is 0 Å². The molecule has 0 unspecified atom stereocenters. The number of para-hydroxylation sites is 1. The third-order valence-corrected chi connectivity index (χ3v) is 4.93. The molecule has 3 rings (SSSR count). The standard InChI is InChI=1S/C15H9Cl2N3O3S/c1-19-13-10(17)6-8(16)7-12(13)24-15(19)18-14(21)9-4-2-3-5-11(9)20(22)23/h2-7H,1H3. The van der Waals surface area contributed by atoms with Gasteiger partial charge in [-0.2, -0.15) is 4.99 Å². The average molecular weight is 382 g/mol. The van der Waals surface area contributed by atoms with Gasteiger partial charge in [0.2, 0.25) is 0 Å². The number of fused-ring (bicyclic) bond motifs is 1. The Hall–Kier alpha value is -2.22. The lowest BCUT2D eigenvalue weighted by Crippen LogP contribution is -2.14. The zero-order valence-corrected chi connectivity index (χ0v) is 14.5. The number of nitro benzene ring substituents is 1. The Morgan fingerprint density at radius 3 is 2.71 bits per heavy atom. The molecule has 0 bridgehead atoms. The molecule has 0 saturated carbocycles. The van der Waals surface area contributed by atoms with E-state index in [1.165, 1.54) is 29.5 Å². The van der Waals surface area contributed by atoms with E-state index in [0.717, 1.165) is 4.70 Å². The van der Waals surface area contributed by atoms with Gasteiger partial charge in [-0.3, -0.25) is 14.9 Å². The maximum Gasteiger partial charge on any atom is 0.286 e. The number of rotatable bonds is 2. The summed E-state index contributed by atoms with van der Waals surface area (Å²) in [6.45, 7) is 0. The van der Waals surface area contributed by atoms with Gasteiger partial charge in [0.05, 0.1) is 20.2 Å². The molecule has 1 amide bonds. The molecule has 2 aromatic carbocycles. The lowest BCUT2D eigenvalue weighted by atomic mass is 10.2. The Balaban J connectivity index is 2.18. The molecule has 0 spiro atoms. The number of thiazole rings is 1. The van der Waals surface area contributed by atoms with Gasteiger partial charge < -0.3 is 4.57 Å². The second-order valence-corrected chi connectivity index (χ2v) is 6.72. The van der Waals surface area contributed by atoms with Crippen molar-refractivity contribution >= 4 is 56.3 Å². The summed E-state index contributed by atoms with van der Waals surface area (Å²) in [6, 6.07) is 9.02. The summed E-state index contributed by atoms with van der Waals surface area (Å²) < 4.78 is 2.43. The lowest BCUT2D eigenvalue weighted by molar-refractivity contribution is -0.385. The Kier molecular flexibility index (Phi) is 4.40. The van der Waals surface area contributed by atoms with Gasteiger partial charge in [-0.15, -0.1) is 0 Å². The summed E-state index contributed by atoms with van der Waals surface area (Å²) >= 11 is 13.4. The second kappa shape index (κ2) is 6.35. The first-order chi connectivity index (χ1) is 11.4. The monoisotopic (exact) mass is 381 g/mol. The normalized spacial score (nSPS) is 11.9. The Labute approximate surface area is 149 Å². The van der Waals surface area contributed by atoms with Crippen LogP contribution >= 0.6 is 34.5 Å². The Morgan fingerprint density at radius 2 is 2.00 bits per heavy atom. The highest BCUT2D eigenvalue weighted by Gasteiger charge is 2.19. The van der Waals surface area contributed by atoms with Crippen molar-refractivity contribution in [1.29, 1.82) is 0 Å². The van der Waals surface area contributed by atoms with Crippen LogP contribution in [0.5, 0.6) is 0 Å². The molecule has 122 valence electrons. The first kappa shape index (κ1) is 16.6. The summed E-state index contributed by atoms with van der Waals surface area (Å²) in [5.74, 6) is -0.688. The van der Waals surface area contributed by atoms with Crippen molar-refractivity contribution in [3.05, 3.63) is 66.9 Å². The average Bonchev–Trinajstić information content (AvgIpc) is 2.83. The van der Waals surface area contributed by atoms with E-state index in [1.54, 1.807) is 29.8 Å². The van der Waals surface area contributed by atoms with Gasteiger partial charge >= 0.3 is 0 Å². The van der Waals surface area contributed by atoms with Crippen LogP contribution < -0.4 is 4.80 Å². The first-order valence-electron chi connectivity index (χ1n) is 6.65. The van der Waals surface area contributed by atoms with E-state index >= 15 is 0 Å². The summed E-state index contributed by atoms with van der Waals surface area (Å²) in [6.07, 6.45) is 0. The topological polar surface area (TPSA) is 77.5 Å². The van der Waals surface area contributed by atoms with Gasteiger partial charge in [0.25, 0.3) is 11.6 Å². The molecule has 3 aromatic rings. The van der Waals surface area contributed by atoms with Crippen molar-refractivity contribution in [3.8, 4) is 0 Å². The second-order valence-electron chi connectivity index (χ2n) is 4.87. The molecular weight excluding hydrogens is 373 g/mol. The number of aromatic nitrogens is 1. The van der Waals surface area contributed by atoms with Crippen LogP contribution in [0.4, 0.5) is 5.69 Å². The number of carbonyl (C=O) groups excluding carboxylic acids is 1. The van der Waals surface area contributed by atoms with E-state index in [4.69, 9.17) is 23.2 Å². The molecule has 1 heterocycles. The fraction of sp³-hybridized carbons (Fsp3) is 0.0667. The van der Waals surface area contributed by atoms with Crippen LogP contribution in [0.1, 0.15) is 10.4 Å². The van der Waals surface area contributed by atoms with Gasteiger partial charge in [-0.05, 0) is 18.2 Å². The van der Waals surface area contributed by atoms with E-state index in [2.05, 4.69) is 4.99 Å². The van der Waals surface area contributed by atoms with Gasteiger partial charge in [0.1, 0.15) is 5.56 Å². The number of halogens is 2. The molecule has 0 saturated heterocycles. The maximum atomic E-state index is 12.4. The number of benzene rings is 2. The SMILES string of the molecule is Cn1c(=NC(=O)c2ccccc2[N+](=O)[O-])sc2cc(Cl)cc(Cl)c21. The molecule has 0 aliphatic heterocycles. The number of hydrogen-bond acceptors (Lipinski definition) is 4. The zero-order valence-electron chi connectivity index (χ0n) is 12.2. The Bertz CT molecular complexity index is 1060. The third-order valence-electron chi connectivity index (χ3n) is 3.35. The van der Waals surface area contributed by atoms with Crippen molar-refractivity contribution in [2.24, 2.45) is 12.0 Å². The third kappa shape index (κ3) is 2.93.